The lowest BCUT2D eigenvalue weighted by molar-refractivity contribution is -0.117. The summed E-state index contributed by atoms with van der Waals surface area (Å²) >= 11 is 1.38. The maximum Gasteiger partial charge on any atom is 0.262 e. The summed E-state index contributed by atoms with van der Waals surface area (Å²) in [5.41, 5.74) is 3.97. The number of hydrogen-bond acceptors (Lipinski definition) is 8. The summed E-state index contributed by atoms with van der Waals surface area (Å²) in [4.78, 5) is 17.7. The molecule has 4 aromatic heterocycles. The molecule has 0 fully saturated rings. The van der Waals surface area contributed by atoms with E-state index in [9.17, 15) is 14.4 Å². The van der Waals surface area contributed by atoms with Crippen LogP contribution < -0.4 is 10.1 Å². The molecule has 47 heavy (non-hydrogen) atoms. The molecule has 0 spiro atoms. The highest BCUT2D eigenvalue weighted by Gasteiger charge is 2.27. The second-order valence-corrected chi connectivity index (χ2v) is 11.6. The summed E-state index contributed by atoms with van der Waals surface area (Å²) in [7, 11) is 3.37. The number of nitrogens with zero attached hydrogens (tertiary/aromatic N) is 5. The Bertz CT molecular complexity index is 2210. The van der Waals surface area contributed by atoms with E-state index in [0.717, 1.165) is 34.0 Å². The van der Waals surface area contributed by atoms with Gasteiger partial charge in [0.1, 0.15) is 47.0 Å². The van der Waals surface area contributed by atoms with Crippen LogP contribution in [0.1, 0.15) is 25.6 Å². The van der Waals surface area contributed by atoms with Gasteiger partial charge in [-0.3, -0.25) is 14.6 Å². The number of ether oxygens (including phenoxy) is 2. The van der Waals surface area contributed by atoms with Crippen LogP contribution in [0.2, 0.25) is 0 Å². The molecule has 6 rings (SSSR count). The average Bonchev–Trinajstić information content (AvgIpc) is 3.82. The molecule has 0 saturated carbocycles. The molecule has 0 bridgehead atoms. The first-order chi connectivity index (χ1) is 22.7. The molecule has 0 unspecified atom stereocenters. The van der Waals surface area contributed by atoms with Crippen molar-refractivity contribution in [2.75, 3.05) is 20.3 Å². The van der Waals surface area contributed by atoms with E-state index in [4.69, 9.17) is 14.5 Å². The van der Waals surface area contributed by atoms with Crippen LogP contribution in [0.5, 0.6) is 5.75 Å². The zero-order chi connectivity index (χ0) is 33.2. The van der Waals surface area contributed by atoms with Crippen LogP contribution in [0.3, 0.4) is 0 Å². The van der Waals surface area contributed by atoms with Crippen molar-refractivity contribution >= 4 is 38.2 Å². The largest absolute Gasteiger partial charge is 0.490 e. The number of pyridine rings is 1. The lowest BCUT2D eigenvalue weighted by Gasteiger charge is -2.17. The molecule has 10 nitrogen and oxygen atoms in total. The molecule has 1 amide bonds. The van der Waals surface area contributed by atoms with Gasteiger partial charge in [0, 0.05) is 52.9 Å². The molecular formula is C34H29F2N7O3S. The van der Waals surface area contributed by atoms with Crippen molar-refractivity contribution in [1.29, 1.82) is 5.26 Å². The first-order valence-electron chi connectivity index (χ1n) is 14.6. The highest BCUT2D eigenvalue weighted by Crippen LogP contribution is 2.47. The number of aromatic amines is 1. The van der Waals surface area contributed by atoms with Crippen LogP contribution in [0.25, 0.3) is 54.8 Å². The number of thiophene rings is 1. The predicted molar refractivity (Wildman–Crippen MR) is 176 cm³/mol. The Kier molecular flexibility index (Phi) is 8.80. The number of carbonyl (C=O) groups is 1. The van der Waals surface area contributed by atoms with Gasteiger partial charge in [-0.05, 0) is 43.5 Å². The number of rotatable bonds is 10. The Morgan fingerprint density at radius 3 is 2.77 bits per heavy atom. The molecule has 0 aliphatic rings. The second-order valence-electron chi connectivity index (χ2n) is 10.7. The van der Waals surface area contributed by atoms with Crippen LogP contribution >= 0.6 is 11.3 Å². The van der Waals surface area contributed by atoms with Crippen LogP contribution in [0, 0.1) is 23.0 Å². The zero-order valence-corrected chi connectivity index (χ0v) is 26.7. The summed E-state index contributed by atoms with van der Waals surface area (Å²) in [5.74, 6) is -2.15. The molecule has 2 aromatic carbocycles. The number of H-pyrrole nitrogens is 1. The van der Waals surface area contributed by atoms with Crippen molar-refractivity contribution in [2.24, 2.45) is 7.05 Å². The Balaban J connectivity index is 1.57. The summed E-state index contributed by atoms with van der Waals surface area (Å²) in [5, 5.41) is 27.5. The van der Waals surface area contributed by atoms with Gasteiger partial charge in [-0.15, -0.1) is 11.3 Å². The van der Waals surface area contributed by atoms with E-state index in [0.29, 0.717) is 33.0 Å². The minimum atomic E-state index is -0.827. The van der Waals surface area contributed by atoms with E-state index in [2.05, 4.69) is 20.6 Å². The fourth-order valence-electron chi connectivity index (χ4n) is 5.39. The molecule has 13 heteroatoms. The summed E-state index contributed by atoms with van der Waals surface area (Å²) in [6.45, 7) is 3.62. The Morgan fingerprint density at radius 1 is 1.17 bits per heavy atom. The van der Waals surface area contributed by atoms with Gasteiger partial charge in [-0.1, -0.05) is 12.1 Å². The normalized spacial score (nSPS) is 12.4. The third kappa shape index (κ3) is 5.96. The van der Waals surface area contributed by atoms with Crippen molar-refractivity contribution in [3.05, 3.63) is 83.0 Å². The van der Waals surface area contributed by atoms with Crippen molar-refractivity contribution in [2.45, 2.75) is 19.9 Å². The smallest absolute Gasteiger partial charge is 0.262 e. The summed E-state index contributed by atoms with van der Waals surface area (Å²) in [6.07, 6.45) is 3.21. The van der Waals surface area contributed by atoms with Crippen LogP contribution in [0.15, 0.2) is 65.7 Å². The number of hydrogen-bond donors (Lipinski definition) is 2. The first kappa shape index (κ1) is 31.5. The molecule has 0 saturated heterocycles. The van der Waals surface area contributed by atoms with Gasteiger partial charge in [0.25, 0.3) is 5.91 Å². The summed E-state index contributed by atoms with van der Waals surface area (Å²) < 4.78 is 44.0. The fourth-order valence-corrected chi connectivity index (χ4v) is 6.34. The number of halogens is 2. The number of methoxy groups -OCH3 is 1. The lowest BCUT2D eigenvalue weighted by Crippen LogP contribution is -2.27. The van der Waals surface area contributed by atoms with Crippen molar-refractivity contribution < 1.29 is 23.0 Å². The third-order valence-electron chi connectivity index (χ3n) is 7.75. The third-order valence-corrected chi connectivity index (χ3v) is 8.68. The van der Waals surface area contributed by atoms with E-state index >= 15 is 4.39 Å². The van der Waals surface area contributed by atoms with E-state index in [1.165, 1.54) is 24.5 Å². The molecule has 0 aliphatic heterocycles. The molecule has 4 heterocycles. The number of benzene rings is 2. The average molecular weight is 654 g/mol. The number of allylic oxidation sites excluding steroid dienone is 1. The van der Waals surface area contributed by atoms with Gasteiger partial charge in [0.2, 0.25) is 0 Å². The quantitative estimate of drug-likeness (QED) is 0.0939. The topological polar surface area (TPSA) is 131 Å². The molecule has 6 aromatic rings. The summed E-state index contributed by atoms with van der Waals surface area (Å²) in [6, 6.07) is 12.8. The first-order valence-corrected chi connectivity index (χ1v) is 15.5. The Labute approximate surface area is 272 Å². The van der Waals surface area contributed by atoms with Crippen LogP contribution in [-0.2, 0) is 16.6 Å². The predicted octanol–water partition coefficient (Wildman–Crippen LogP) is 6.86. The second kappa shape index (κ2) is 13.1. The number of aromatic nitrogens is 5. The number of carbonyl (C=O) groups excluding carboxylic acids is 1. The molecular weight excluding hydrogens is 624 g/mol. The number of nitrogens with one attached hydrogen (secondary N) is 2. The molecule has 2 N–H and O–H groups in total. The van der Waals surface area contributed by atoms with Crippen molar-refractivity contribution in [1.82, 2.24) is 30.3 Å². The van der Waals surface area contributed by atoms with E-state index in [1.54, 1.807) is 30.8 Å². The molecule has 0 aliphatic carbocycles. The molecule has 0 radical (unpaired) electrons. The minimum absolute atomic E-state index is 0.00592. The van der Waals surface area contributed by atoms with Gasteiger partial charge in [-0.2, -0.15) is 15.5 Å². The van der Waals surface area contributed by atoms with Gasteiger partial charge in [-0.25, -0.2) is 13.8 Å². The maximum atomic E-state index is 16.0. The number of aryl methyl sites for hydroxylation is 1. The Morgan fingerprint density at radius 2 is 2.00 bits per heavy atom. The molecule has 238 valence electrons. The SMILES string of the molecule is C/C=C(\C#N)C(=O)N[C@H](C)c1cc(-c2nc(-c3ccc4c(cnn4C)c3)c3ccsc3c2-c2c(F)cc(F)cc2OCCOC)n[nH]1. The maximum absolute atomic E-state index is 16.0. The lowest BCUT2D eigenvalue weighted by atomic mass is 9.96. The van der Waals surface area contributed by atoms with E-state index < -0.39 is 23.6 Å². The standard InChI is InChI=1S/C34H29F2N7O3S/c1-5-19(16-37)34(44)39-18(2)25-15-26(42-41-25)32-30(29-24(36)13-22(35)14-28(29)46-10-9-45-4)33-23(8-11-47-33)31(40-32)20-6-7-27-21(12-20)17-38-43(27)3/h5-8,11-15,17-18H,9-10H2,1-4H3,(H,39,44)(H,41,42)/b19-5+/t18-/m1/s1. The van der Waals surface area contributed by atoms with E-state index in [-0.39, 0.29) is 30.1 Å². The number of nitriles is 1. The van der Waals surface area contributed by atoms with Gasteiger partial charge in [0.15, 0.2) is 0 Å². The van der Waals surface area contributed by atoms with Crippen molar-refractivity contribution in [3.63, 3.8) is 0 Å². The number of fused-ring (bicyclic) bond motifs is 2. The van der Waals surface area contributed by atoms with Crippen LogP contribution in [0.4, 0.5) is 8.78 Å². The molecule has 1 atom stereocenters. The number of amides is 1. The van der Waals surface area contributed by atoms with Crippen molar-refractivity contribution in [3.8, 4) is 45.6 Å². The van der Waals surface area contributed by atoms with Gasteiger partial charge in [0.05, 0.1) is 41.3 Å². The highest BCUT2D eigenvalue weighted by atomic mass is 32.1. The highest BCUT2D eigenvalue weighted by molar-refractivity contribution is 7.18. The fraction of sp³-hybridized carbons (Fsp3) is 0.206. The monoisotopic (exact) mass is 653 g/mol. The zero-order valence-electron chi connectivity index (χ0n) is 25.9. The van der Waals surface area contributed by atoms with Crippen LogP contribution in [-0.4, -0.2) is 51.2 Å². The minimum Gasteiger partial charge on any atom is -0.490 e. The van der Waals surface area contributed by atoms with Gasteiger partial charge >= 0.3 is 0 Å². The van der Waals surface area contributed by atoms with Gasteiger partial charge < -0.3 is 14.8 Å². The van der Waals surface area contributed by atoms with E-state index in [1.807, 2.05) is 42.8 Å². The Hall–Kier alpha value is -5.45.